The third kappa shape index (κ3) is 5.56. The summed E-state index contributed by atoms with van der Waals surface area (Å²) >= 11 is 11.9. The van der Waals surface area contributed by atoms with Gasteiger partial charge < -0.3 is 19.2 Å². The second kappa shape index (κ2) is 11.1. The fourth-order valence-electron chi connectivity index (χ4n) is 3.83. The van der Waals surface area contributed by atoms with E-state index in [2.05, 4.69) is 15.3 Å². The molecule has 12 heteroatoms. The van der Waals surface area contributed by atoms with Crippen molar-refractivity contribution in [2.45, 2.75) is 13.2 Å². The number of nitrogens with zero attached hydrogens (tertiary/aromatic N) is 3. The van der Waals surface area contributed by atoms with Gasteiger partial charge in [-0.25, -0.2) is 19.2 Å². The molecule has 0 saturated carbocycles. The van der Waals surface area contributed by atoms with E-state index in [4.69, 9.17) is 37.1 Å². The summed E-state index contributed by atoms with van der Waals surface area (Å²) in [6.45, 7) is 0.206. The topological polar surface area (TPSA) is 108 Å². The van der Waals surface area contributed by atoms with Crippen LogP contribution in [0.1, 0.15) is 5.56 Å². The Kier molecular flexibility index (Phi) is 7.43. The maximum Gasteiger partial charge on any atom is 0.420 e. The van der Waals surface area contributed by atoms with Crippen molar-refractivity contribution in [1.29, 1.82) is 0 Å². The Morgan fingerprint density at radius 3 is 2.79 bits per heavy atom. The predicted octanol–water partition coefficient (Wildman–Crippen LogP) is 5.43. The second-order valence-corrected chi connectivity index (χ2v) is 8.80. The molecule has 3 aromatic carbocycles. The molecule has 5 aromatic rings. The molecule has 0 amide bonds. The van der Waals surface area contributed by atoms with Gasteiger partial charge in [0.05, 0.1) is 22.6 Å². The van der Waals surface area contributed by atoms with Crippen molar-refractivity contribution in [1.82, 2.24) is 14.5 Å². The number of esters is 1. The summed E-state index contributed by atoms with van der Waals surface area (Å²) in [6, 6.07) is 14.6. The van der Waals surface area contributed by atoms with Gasteiger partial charge in [0.2, 0.25) is 0 Å². The summed E-state index contributed by atoms with van der Waals surface area (Å²) < 4.78 is 30.8. The first-order chi connectivity index (χ1) is 18.4. The molecule has 0 atom stereocenters. The molecule has 0 aliphatic rings. The molecule has 0 fully saturated rings. The summed E-state index contributed by atoms with van der Waals surface area (Å²) in [5.74, 6) is -0.888. The van der Waals surface area contributed by atoms with Crippen LogP contribution in [0.4, 0.5) is 15.9 Å². The number of aromatic nitrogens is 3. The van der Waals surface area contributed by atoms with Gasteiger partial charge in [0.1, 0.15) is 42.8 Å². The highest BCUT2D eigenvalue weighted by molar-refractivity contribution is 6.32. The molecule has 1 N–H and O–H groups in total. The molecule has 0 saturated heterocycles. The summed E-state index contributed by atoms with van der Waals surface area (Å²) in [4.78, 5) is 32.3. The van der Waals surface area contributed by atoms with Crippen LogP contribution in [-0.2, 0) is 22.7 Å². The molecule has 2 aromatic heterocycles. The lowest BCUT2D eigenvalue weighted by molar-refractivity contribution is -0.140. The Bertz CT molecular complexity index is 1710. The number of fused-ring (bicyclic) bond motifs is 2. The van der Waals surface area contributed by atoms with E-state index in [0.717, 1.165) is 0 Å². The number of carbonyl (C=O) groups excluding carboxylic acids is 1. The molecular formula is C26H19Cl2FN4O5. The minimum atomic E-state index is -0.597. The molecular weight excluding hydrogens is 538 g/mol. The van der Waals surface area contributed by atoms with Crippen LogP contribution in [0.25, 0.3) is 22.0 Å². The zero-order chi connectivity index (χ0) is 26.6. The van der Waals surface area contributed by atoms with Gasteiger partial charge >= 0.3 is 11.7 Å². The van der Waals surface area contributed by atoms with E-state index in [1.165, 1.54) is 23.0 Å². The van der Waals surface area contributed by atoms with Crippen LogP contribution in [0.3, 0.4) is 0 Å². The Morgan fingerprint density at radius 2 is 2.00 bits per heavy atom. The molecule has 5 rings (SSSR count). The first kappa shape index (κ1) is 25.5. The van der Waals surface area contributed by atoms with E-state index >= 15 is 0 Å². The van der Waals surface area contributed by atoms with Crippen LogP contribution >= 0.6 is 23.2 Å². The van der Waals surface area contributed by atoms with Crippen molar-refractivity contribution < 1.29 is 23.1 Å². The van der Waals surface area contributed by atoms with Gasteiger partial charge in [0.25, 0.3) is 0 Å². The van der Waals surface area contributed by atoms with E-state index < -0.39 is 11.7 Å². The molecule has 0 unspecified atom stereocenters. The van der Waals surface area contributed by atoms with Crippen LogP contribution in [-0.4, -0.2) is 33.0 Å². The minimum Gasteiger partial charge on any atom is -0.487 e. The smallest absolute Gasteiger partial charge is 0.420 e. The Balaban J connectivity index is 1.39. The Hall–Kier alpha value is -4.15. The van der Waals surface area contributed by atoms with Crippen molar-refractivity contribution >= 4 is 62.7 Å². The molecule has 9 nitrogen and oxygen atoms in total. The third-order valence-electron chi connectivity index (χ3n) is 5.59. The molecule has 0 spiro atoms. The lowest BCUT2D eigenvalue weighted by Crippen LogP contribution is -2.19. The van der Waals surface area contributed by atoms with Crippen molar-refractivity contribution in [3.8, 4) is 5.75 Å². The van der Waals surface area contributed by atoms with Gasteiger partial charge in [0, 0.05) is 17.1 Å². The molecule has 2 heterocycles. The number of hydrogen-bond donors (Lipinski definition) is 1. The van der Waals surface area contributed by atoms with Gasteiger partial charge in [-0.3, -0.25) is 9.36 Å². The summed E-state index contributed by atoms with van der Waals surface area (Å²) in [5, 5.41) is 4.18. The number of nitrogens with one attached hydrogen (secondary N) is 1. The van der Waals surface area contributed by atoms with Crippen molar-refractivity contribution in [3.05, 3.63) is 87.9 Å². The number of oxazole rings is 1. The number of alkyl halides is 1. The van der Waals surface area contributed by atoms with Crippen LogP contribution < -0.4 is 15.8 Å². The molecule has 194 valence electrons. The van der Waals surface area contributed by atoms with Gasteiger partial charge in [-0.1, -0.05) is 23.7 Å². The second-order valence-electron chi connectivity index (χ2n) is 8.12. The third-order valence-corrected chi connectivity index (χ3v) is 6.10. The van der Waals surface area contributed by atoms with E-state index in [1.807, 2.05) is 0 Å². The number of halogens is 3. The van der Waals surface area contributed by atoms with Crippen LogP contribution in [0.5, 0.6) is 5.75 Å². The number of benzene rings is 3. The molecule has 0 radical (unpaired) electrons. The number of carbonyl (C=O) groups is 1. The van der Waals surface area contributed by atoms with Gasteiger partial charge in [0.15, 0.2) is 5.58 Å². The largest absolute Gasteiger partial charge is 0.487 e. The van der Waals surface area contributed by atoms with Gasteiger partial charge in [-0.2, -0.15) is 0 Å². The number of ether oxygens (including phenoxy) is 2. The average Bonchev–Trinajstić information content (AvgIpc) is 3.21. The fraction of sp³-hybridized carbons (Fsp3) is 0.154. The molecule has 0 aliphatic carbocycles. The number of rotatable bonds is 9. The SMILES string of the molecule is O=C(CCl)OCCn1c(=O)oc2cc3ncnc(Nc4ccc(OCc5cccc(F)c5)c(Cl)c4)c3cc21. The van der Waals surface area contributed by atoms with Crippen molar-refractivity contribution in [3.63, 3.8) is 0 Å². The monoisotopic (exact) mass is 556 g/mol. The highest BCUT2D eigenvalue weighted by atomic mass is 35.5. The average molecular weight is 557 g/mol. The molecule has 0 aliphatic heterocycles. The summed E-state index contributed by atoms with van der Waals surface area (Å²) in [6.07, 6.45) is 1.38. The fourth-order valence-corrected chi connectivity index (χ4v) is 4.15. The zero-order valence-corrected chi connectivity index (χ0v) is 21.1. The van der Waals surface area contributed by atoms with Gasteiger partial charge in [-0.15, -0.1) is 11.6 Å². The number of hydrogen-bond acceptors (Lipinski definition) is 8. The van der Waals surface area contributed by atoms with Crippen molar-refractivity contribution in [2.24, 2.45) is 0 Å². The van der Waals surface area contributed by atoms with Crippen molar-refractivity contribution in [2.75, 3.05) is 17.8 Å². The Labute approximate surface area is 224 Å². The minimum absolute atomic E-state index is 0.0410. The van der Waals surface area contributed by atoms with Crippen LogP contribution in [0.15, 0.2) is 70.1 Å². The molecule has 0 bridgehead atoms. The van der Waals surface area contributed by atoms with E-state index in [1.54, 1.807) is 42.5 Å². The number of anilines is 2. The quantitative estimate of drug-likeness (QED) is 0.189. The summed E-state index contributed by atoms with van der Waals surface area (Å²) in [5.41, 5.74) is 2.67. The standard InChI is InChI=1S/C26H19Cl2FN4O5/c27-12-24(34)36-7-6-33-21-10-18-20(11-23(21)38-26(33)35)30-14-31-25(18)32-17-4-5-22(19(28)9-17)37-13-15-2-1-3-16(29)8-15/h1-5,8-11,14H,6-7,12-13H2,(H,30,31,32). The first-order valence-electron chi connectivity index (χ1n) is 11.3. The zero-order valence-electron chi connectivity index (χ0n) is 19.6. The highest BCUT2D eigenvalue weighted by Gasteiger charge is 2.15. The van der Waals surface area contributed by atoms with Gasteiger partial charge in [-0.05, 0) is 42.0 Å². The molecule has 38 heavy (non-hydrogen) atoms. The first-order valence-corrected chi connectivity index (χ1v) is 12.3. The van der Waals surface area contributed by atoms with E-state index in [9.17, 15) is 14.0 Å². The Morgan fingerprint density at radius 1 is 1.13 bits per heavy atom. The maximum absolute atomic E-state index is 13.4. The normalized spacial score (nSPS) is 11.1. The lowest BCUT2D eigenvalue weighted by Gasteiger charge is -2.12. The summed E-state index contributed by atoms with van der Waals surface area (Å²) in [7, 11) is 0. The van der Waals surface area contributed by atoms with E-state index in [-0.39, 0.29) is 31.5 Å². The van der Waals surface area contributed by atoms with Crippen LogP contribution in [0, 0.1) is 5.82 Å². The van der Waals surface area contributed by atoms with E-state index in [0.29, 0.717) is 49.8 Å². The van der Waals surface area contributed by atoms with Crippen LogP contribution in [0.2, 0.25) is 5.02 Å². The lowest BCUT2D eigenvalue weighted by atomic mass is 10.2. The predicted molar refractivity (Wildman–Crippen MR) is 141 cm³/mol. The maximum atomic E-state index is 13.4. The highest BCUT2D eigenvalue weighted by Crippen LogP contribution is 2.32.